The number of nitrogens with zero attached hydrogens (tertiary/aromatic N) is 5. The first-order valence-electron chi connectivity index (χ1n) is 10.7. The normalized spacial score (nSPS) is 11.5. The molecule has 0 amide bonds. The van der Waals surface area contributed by atoms with E-state index in [0.29, 0.717) is 6.54 Å². The molecular formula is C25H28N6S. The lowest BCUT2D eigenvalue weighted by Crippen LogP contribution is -2.39. The molecule has 0 bridgehead atoms. The third-order valence-electron chi connectivity index (χ3n) is 5.38. The number of aliphatic imine (C=N–C) groups is 1. The van der Waals surface area contributed by atoms with Gasteiger partial charge in [-0.1, -0.05) is 54.6 Å². The lowest BCUT2D eigenvalue weighted by molar-refractivity contribution is 0.486. The number of nitrogens with one attached hydrogen (secondary N) is 1. The largest absolute Gasteiger partial charge is 0.352 e. The molecule has 0 saturated heterocycles. The van der Waals surface area contributed by atoms with Crippen LogP contribution in [0, 0.1) is 0 Å². The monoisotopic (exact) mass is 444 g/mol. The summed E-state index contributed by atoms with van der Waals surface area (Å²) < 4.78 is 1.83. The molecule has 0 aliphatic rings. The Kier molecular flexibility index (Phi) is 7.30. The molecule has 2 heterocycles. The summed E-state index contributed by atoms with van der Waals surface area (Å²) in [5.41, 5.74) is 4.86. The van der Waals surface area contributed by atoms with Gasteiger partial charge in [0.1, 0.15) is 12.7 Å². The van der Waals surface area contributed by atoms with Crippen LogP contribution in [-0.4, -0.2) is 46.3 Å². The van der Waals surface area contributed by atoms with E-state index < -0.39 is 0 Å². The van der Waals surface area contributed by atoms with Crippen molar-refractivity contribution in [2.75, 3.05) is 20.6 Å². The van der Waals surface area contributed by atoms with Gasteiger partial charge in [-0.15, -0.1) is 11.3 Å². The van der Waals surface area contributed by atoms with E-state index in [1.54, 1.807) is 24.0 Å². The highest BCUT2D eigenvalue weighted by molar-refractivity contribution is 7.09. The van der Waals surface area contributed by atoms with Gasteiger partial charge in [-0.3, -0.25) is 4.99 Å². The summed E-state index contributed by atoms with van der Waals surface area (Å²) >= 11 is 1.80. The molecule has 4 rings (SSSR count). The summed E-state index contributed by atoms with van der Waals surface area (Å²) in [7, 11) is 3.92. The van der Waals surface area contributed by atoms with E-state index in [0.717, 1.165) is 25.5 Å². The van der Waals surface area contributed by atoms with Crippen LogP contribution in [0.15, 0.2) is 83.7 Å². The average Bonchev–Trinajstić information content (AvgIpc) is 3.53. The van der Waals surface area contributed by atoms with Gasteiger partial charge in [-0.2, -0.15) is 5.10 Å². The molecule has 0 spiro atoms. The van der Waals surface area contributed by atoms with Crippen LogP contribution in [0.5, 0.6) is 0 Å². The second-order valence-electron chi connectivity index (χ2n) is 7.60. The number of guanidine groups is 1. The Morgan fingerprint density at radius 1 is 1.09 bits per heavy atom. The second-order valence-corrected chi connectivity index (χ2v) is 8.63. The molecule has 0 aliphatic heterocycles. The Hall–Kier alpha value is -3.45. The fourth-order valence-corrected chi connectivity index (χ4v) is 4.34. The smallest absolute Gasteiger partial charge is 0.193 e. The van der Waals surface area contributed by atoms with Gasteiger partial charge in [0.15, 0.2) is 5.96 Å². The van der Waals surface area contributed by atoms with Crippen molar-refractivity contribution in [2.24, 2.45) is 4.99 Å². The number of likely N-dealkylation sites (N-methyl/N-ethyl adjacent to an activating group) is 1. The fourth-order valence-electron chi connectivity index (χ4n) is 3.64. The van der Waals surface area contributed by atoms with E-state index in [9.17, 15) is 0 Å². The van der Waals surface area contributed by atoms with Crippen molar-refractivity contribution >= 4 is 17.3 Å². The molecule has 0 unspecified atom stereocenters. The van der Waals surface area contributed by atoms with E-state index in [2.05, 4.69) is 98.4 Å². The van der Waals surface area contributed by atoms with Crippen molar-refractivity contribution in [1.82, 2.24) is 25.0 Å². The predicted octanol–water partition coefficient (Wildman–Crippen LogP) is 4.30. The summed E-state index contributed by atoms with van der Waals surface area (Å²) in [4.78, 5) is 12.1. The molecule has 7 heteroatoms. The van der Waals surface area contributed by atoms with Gasteiger partial charge < -0.3 is 10.2 Å². The Morgan fingerprint density at radius 2 is 1.94 bits per heavy atom. The lowest BCUT2D eigenvalue weighted by atomic mass is 9.98. The summed E-state index contributed by atoms with van der Waals surface area (Å²) in [5, 5.41) is 9.83. The third-order valence-corrected chi connectivity index (χ3v) is 6.31. The Bertz CT molecular complexity index is 1120. The van der Waals surface area contributed by atoms with Crippen molar-refractivity contribution in [1.29, 1.82) is 0 Å². The van der Waals surface area contributed by atoms with Crippen molar-refractivity contribution in [3.63, 3.8) is 0 Å². The molecule has 2 aromatic heterocycles. The Balaban J connectivity index is 1.40. The first-order chi connectivity index (χ1) is 15.7. The van der Waals surface area contributed by atoms with Gasteiger partial charge >= 0.3 is 0 Å². The van der Waals surface area contributed by atoms with Crippen molar-refractivity contribution < 1.29 is 0 Å². The van der Waals surface area contributed by atoms with Crippen LogP contribution in [0.1, 0.15) is 16.0 Å². The zero-order valence-corrected chi connectivity index (χ0v) is 19.3. The van der Waals surface area contributed by atoms with Gasteiger partial charge in [0, 0.05) is 32.1 Å². The van der Waals surface area contributed by atoms with E-state index in [4.69, 9.17) is 0 Å². The van der Waals surface area contributed by atoms with Crippen LogP contribution in [0.25, 0.3) is 11.1 Å². The van der Waals surface area contributed by atoms with Gasteiger partial charge in [-0.05, 0) is 40.1 Å². The molecule has 0 atom stereocenters. The van der Waals surface area contributed by atoms with Crippen LogP contribution in [0.3, 0.4) is 0 Å². The molecule has 2 aromatic carbocycles. The van der Waals surface area contributed by atoms with Crippen molar-refractivity contribution in [3.8, 4) is 11.1 Å². The fraction of sp³-hybridized carbons (Fsp3) is 0.240. The van der Waals surface area contributed by atoms with Crippen molar-refractivity contribution in [2.45, 2.75) is 19.5 Å². The maximum atomic E-state index is 4.47. The van der Waals surface area contributed by atoms with Gasteiger partial charge in [0.25, 0.3) is 0 Å². The standard InChI is InChI=1S/C25H28N6S/c1-26-25(30(2)14-13-23-7-5-15-32-23)28-16-22-6-3-4-8-24(22)21-11-9-20(10-12-21)17-31-19-27-18-29-31/h3-12,15,18-19H,13-14,16-17H2,1-2H3,(H,26,28). The summed E-state index contributed by atoms with van der Waals surface area (Å²) in [5.74, 6) is 0.902. The van der Waals surface area contributed by atoms with Crippen LogP contribution in [0.4, 0.5) is 0 Å². The minimum Gasteiger partial charge on any atom is -0.352 e. The van der Waals surface area contributed by atoms with E-state index in [-0.39, 0.29) is 0 Å². The molecular weight excluding hydrogens is 416 g/mol. The molecule has 4 aromatic rings. The molecule has 0 aliphatic carbocycles. The van der Waals surface area contributed by atoms with Crippen LogP contribution in [-0.2, 0) is 19.5 Å². The van der Waals surface area contributed by atoms with E-state index in [1.165, 1.54) is 27.1 Å². The summed E-state index contributed by atoms with van der Waals surface area (Å²) in [6.07, 6.45) is 4.32. The third kappa shape index (κ3) is 5.62. The van der Waals surface area contributed by atoms with Crippen LogP contribution in [0.2, 0.25) is 0 Å². The Labute approximate surface area is 193 Å². The maximum Gasteiger partial charge on any atom is 0.193 e. The number of hydrogen-bond donors (Lipinski definition) is 1. The zero-order chi connectivity index (χ0) is 22.2. The van der Waals surface area contributed by atoms with Gasteiger partial charge in [-0.25, -0.2) is 9.67 Å². The molecule has 0 radical (unpaired) electrons. The minimum absolute atomic E-state index is 0.715. The highest BCUT2D eigenvalue weighted by Gasteiger charge is 2.09. The van der Waals surface area contributed by atoms with Crippen LogP contribution < -0.4 is 5.32 Å². The lowest BCUT2D eigenvalue weighted by Gasteiger charge is -2.22. The molecule has 164 valence electrons. The summed E-state index contributed by atoms with van der Waals surface area (Å²) in [6.45, 7) is 2.36. The minimum atomic E-state index is 0.715. The SMILES string of the molecule is CN=C(NCc1ccccc1-c1ccc(Cn2cncn2)cc1)N(C)CCc1cccs1. The molecule has 1 N–H and O–H groups in total. The summed E-state index contributed by atoms with van der Waals surface area (Å²) in [6, 6.07) is 21.5. The second kappa shape index (κ2) is 10.7. The van der Waals surface area contributed by atoms with E-state index >= 15 is 0 Å². The van der Waals surface area contributed by atoms with Gasteiger partial charge in [0.2, 0.25) is 0 Å². The average molecular weight is 445 g/mol. The number of benzene rings is 2. The number of rotatable bonds is 8. The first-order valence-corrected chi connectivity index (χ1v) is 11.5. The molecule has 0 fully saturated rings. The van der Waals surface area contributed by atoms with E-state index in [1.807, 2.05) is 11.7 Å². The highest BCUT2D eigenvalue weighted by Crippen LogP contribution is 2.24. The van der Waals surface area contributed by atoms with Gasteiger partial charge in [0.05, 0.1) is 6.54 Å². The number of thiophene rings is 1. The zero-order valence-electron chi connectivity index (χ0n) is 18.5. The highest BCUT2D eigenvalue weighted by atomic mass is 32.1. The maximum absolute atomic E-state index is 4.47. The predicted molar refractivity (Wildman–Crippen MR) is 132 cm³/mol. The number of hydrogen-bond acceptors (Lipinski definition) is 4. The first kappa shape index (κ1) is 21.8. The Morgan fingerprint density at radius 3 is 2.66 bits per heavy atom. The van der Waals surface area contributed by atoms with Crippen LogP contribution >= 0.6 is 11.3 Å². The molecule has 32 heavy (non-hydrogen) atoms. The topological polar surface area (TPSA) is 58.3 Å². The molecule has 6 nitrogen and oxygen atoms in total. The van der Waals surface area contributed by atoms with Crippen molar-refractivity contribution in [3.05, 3.63) is 94.7 Å². The quantitative estimate of drug-likeness (QED) is 0.325. The molecule has 0 saturated carbocycles. The number of aromatic nitrogens is 3.